The van der Waals surface area contributed by atoms with E-state index in [1.54, 1.807) is 0 Å². The minimum Gasteiger partial charge on any atom is -0.489 e. The molecule has 1 aromatic carbocycles. The smallest absolute Gasteiger partial charge is 0.123 e. The Morgan fingerprint density at radius 1 is 1.12 bits per heavy atom. The first kappa shape index (κ1) is 14.0. The second kappa shape index (κ2) is 6.65. The van der Waals surface area contributed by atoms with Crippen molar-refractivity contribution in [2.45, 2.75) is 58.6 Å². The van der Waals surface area contributed by atoms with Crippen molar-refractivity contribution in [2.75, 3.05) is 0 Å². The summed E-state index contributed by atoms with van der Waals surface area (Å²) in [7, 11) is 0. The molecule has 2 heteroatoms. The summed E-state index contributed by atoms with van der Waals surface area (Å²) in [6.45, 7) is 8.56. The van der Waals surface area contributed by atoms with Gasteiger partial charge in [0.15, 0.2) is 0 Å². The Bertz CT molecular complexity index is 337. The summed E-state index contributed by atoms with van der Waals surface area (Å²) in [5.74, 6) is 1.51. The lowest BCUT2D eigenvalue weighted by atomic mass is 9.97. The Labute approximate surface area is 105 Å². The van der Waals surface area contributed by atoms with Crippen LogP contribution in [0.4, 0.5) is 0 Å². The maximum Gasteiger partial charge on any atom is 0.123 e. The zero-order valence-electron chi connectivity index (χ0n) is 11.4. The molecular formula is C15H25NO. The fourth-order valence-corrected chi connectivity index (χ4v) is 1.83. The van der Waals surface area contributed by atoms with E-state index < -0.39 is 0 Å². The fraction of sp³-hybridized carbons (Fsp3) is 0.600. The second-order valence-electron chi connectivity index (χ2n) is 4.74. The van der Waals surface area contributed by atoms with Crippen LogP contribution in [0.15, 0.2) is 24.3 Å². The lowest BCUT2D eigenvalue weighted by Gasteiger charge is -2.23. The van der Waals surface area contributed by atoms with E-state index in [-0.39, 0.29) is 12.1 Å². The summed E-state index contributed by atoms with van der Waals surface area (Å²) >= 11 is 0. The van der Waals surface area contributed by atoms with Gasteiger partial charge in [-0.25, -0.2) is 0 Å². The molecule has 0 aromatic heterocycles. The van der Waals surface area contributed by atoms with Crippen LogP contribution in [0.3, 0.4) is 0 Å². The second-order valence-corrected chi connectivity index (χ2v) is 4.74. The van der Waals surface area contributed by atoms with Crippen LogP contribution in [0, 0.1) is 0 Å². The van der Waals surface area contributed by atoms with Gasteiger partial charge in [0.05, 0.1) is 0 Å². The van der Waals surface area contributed by atoms with Crippen molar-refractivity contribution >= 4 is 0 Å². The molecule has 0 heterocycles. The van der Waals surface area contributed by atoms with Crippen LogP contribution in [-0.2, 0) is 0 Å². The molecule has 1 rings (SSSR count). The van der Waals surface area contributed by atoms with Crippen molar-refractivity contribution < 1.29 is 4.74 Å². The molecule has 17 heavy (non-hydrogen) atoms. The van der Waals surface area contributed by atoms with Gasteiger partial charge in [0.25, 0.3) is 0 Å². The van der Waals surface area contributed by atoms with Gasteiger partial charge in [0, 0.05) is 6.04 Å². The van der Waals surface area contributed by atoms with Crippen LogP contribution in [0.5, 0.6) is 5.75 Å². The number of para-hydroxylation sites is 1. The van der Waals surface area contributed by atoms with Crippen molar-refractivity contribution in [3.05, 3.63) is 29.8 Å². The quantitative estimate of drug-likeness (QED) is 0.816. The molecule has 0 aliphatic heterocycles. The molecule has 2 nitrogen and oxygen atoms in total. The third kappa shape index (κ3) is 3.74. The predicted octanol–water partition coefficient (Wildman–Crippen LogP) is 3.70. The van der Waals surface area contributed by atoms with E-state index in [9.17, 15) is 0 Å². The molecular weight excluding hydrogens is 210 g/mol. The van der Waals surface area contributed by atoms with Crippen LogP contribution < -0.4 is 10.5 Å². The Kier molecular flexibility index (Phi) is 5.49. The van der Waals surface area contributed by atoms with Gasteiger partial charge in [-0.15, -0.1) is 0 Å². The summed E-state index contributed by atoms with van der Waals surface area (Å²) < 4.78 is 6.00. The minimum atomic E-state index is 0.0604. The van der Waals surface area contributed by atoms with E-state index in [2.05, 4.69) is 32.9 Å². The average molecular weight is 235 g/mol. The SMILES string of the molecule is CCC(C)c1ccccc1OC(C)C(N)CC. The van der Waals surface area contributed by atoms with Gasteiger partial charge in [-0.2, -0.15) is 0 Å². The summed E-state index contributed by atoms with van der Waals surface area (Å²) in [5.41, 5.74) is 7.28. The summed E-state index contributed by atoms with van der Waals surface area (Å²) in [6, 6.07) is 8.37. The van der Waals surface area contributed by atoms with Gasteiger partial charge in [-0.1, -0.05) is 39.0 Å². The normalized spacial score (nSPS) is 16.3. The van der Waals surface area contributed by atoms with Crippen LogP contribution in [0.25, 0.3) is 0 Å². The molecule has 96 valence electrons. The van der Waals surface area contributed by atoms with E-state index in [4.69, 9.17) is 10.5 Å². The first-order chi connectivity index (χ1) is 8.10. The standard InChI is InChI=1S/C15H25NO/c1-5-11(3)13-9-7-8-10-15(13)17-12(4)14(16)6-2/h7-12,14H,5-6,16H2,1-4H3. The number of benzene rings is 1. The molecule has 3 atom stereocenters. The van der Waals surface area contributed by atoms with Gasteiger partial charge in [-0.3, -0.25) is 0 Å². The van der Waals surface area contributed by atoms with E-state index >= 15 is 0 Å². The molecule has 0 aliphatic carbocycles. The highest BCUT2D eigenvalue weighted by Gasteiger charge is 2.15. The fourth-order valence-electron chi connectivity index (χ4n) is 1.83. The highest BCUT2D eigenvalue weighted by Crippen LogP contribution is 2.29. The van der Waals surface area contributed by atoms with E-state index in [0.717, 1.165) is 18.6 Å². The van der Waals surface area contributed by atoms with Crippen molar-refractivity contribution in [2.24, 2.45) is 5.73 Å². The number of hydrogen-bond acceptors (Lipinski definition) is 2. The third-order valence-corrected chi connectivity index (χ3v) is 3.45. The topological polar surface area (TPSA) is 35.2 Å². The van der Waals surface area contributed by atoms with E-state index in [1.165, 1.54) is 5.56 Å². The molecule has 3 unspecified atom stereocenters. The van der Waals surface area contributed by atoms with Gasteiger partial charge in [0.2, 0.25) is 0 Å². The lowest BCUT2D eigenvalue weighted by Crippen LogP contribution is -2.36. The van der Waals surface area contributed by atoms with E-state index in [1.807, 2.05) is 19.1 Å². The lowest BCUT2D eigenvalue weighted by molar-refractivity contribution is 0.184. The average Bonchev–Trinajstić information content (AvgIpc) is 2.37. The molecule has 0 saturated heterocycles. The van der Waals surface area contributed by atoms with Crippen LogP contribution in [0.1, 0.15) is 52.0 Å². The van der Waals surface area contributed by atoms with Gasteiger partial charge in [0.1, 0.15) is 11.9 Å². The minimum absolute atomic E-state index is 0.0604. The predicted molar refractivity (Wildman–Crippen MR) is 73.5 cm³/mol. The summed E-state index contributed by atoms with van der Waals surface area (Å²) in [5, 5.41) is 0. The van der Waals surface area contributed by atoms with Crippen LogP contribution >= 0.6 is 0 Å². The van der Waals surface area contributed by atoms with Gasteiger partial charge >= 0.3 is 0 Å². The van der Waals surface area contributed by atoms with E-state index in [0.29, 0.717) is 5.92 Å². The van der Waals surface area contributed by atoms with Crippen molar-refractivity contribution in [3.8, 4) is 5.75 Å². The molecule has 0 amide bonds. The van der Waals surface area contributed by atoms with Crippen molar-refractivity contribution in [1.82, 2.24) is 0 Å². The maximum absolute atomic E-state index is 6.00. The van der Waals surface area contributed by atoms with Crippen LogP contribution in [-0.4, -0.2) is 12.1 Å². The Morgan fingerprint density at radius 2 is 1.76 bits per heavy atom. The molecule has 0 bridgehead atoms. The number of nitrogens with two attached hydrogens (primary N) is 1. The first-order valence-electron chi connectivity index (χ1n) is 6.61. The summed E-state index contributed by atoms with van der Waals surface area (Å²) in [6.07, 6.45) is 2.12. The first-order valence-corrected chi connectivity index (χ1v) is 6.61. The molecule has 2 N–H and O–H groups in total. The van der Waals surface area contributed by atoms with Crippen LogP contribution in [0.2, 0.25) is 0 Å². The number of hydrogen-bond donors (Lipinski definition) is 1. The highest BCUT2D eigenvalue weighted by atomic mass is 16.5. The molecule has 0 radical (unpaired) electrons. The van der Waals surface area contributed by atoms with Crippen molar-refractivity contribution in [3.63, 3.8) is 0 Å². The maximum atomic E-state index is 6.00. The Hall–Kier alpha value is -1.02. The number of rotatable bonds is 6. The third-order valence-electron chi connectivity index (χ3n) is 3.45. The Balaban J connectivity index is 2.83. The molecule has 0 aliphatic rings. The molecule has 0 spiro atoms. The summed E-state index contributed by atoms with van der Waals surface area (Å²) in [4.78, 5) is 0. The highest BCUT2D eigenvalue weighted by molar-refractivity contribution is 5.36. The molecule has 0 fully saturated rings. The molecule has 1 aromatic rings. The monoisotopic (exact) mass is 235 g/mol. The number of ether oxygens (including phenoxy) is 1. The molecule has 0 saturated carbocycles. The Morgan fingerprint density at radius 3 is 2.35 bits per heavy atom. The largest absolute Gasteiger partial charge is 0.489 e. The zero-order valence-corrected chi connectivity index (χ0v) is 11.4. The van der Waals surface area contributed by atoms with Gasteiger partial charge < -0.3 is 10.5 Å². The zero-order chi connectivity index (χ0) is 12.8. The van der Waals surface area contributed by atoms with Crippen molar-refractivity contribution in [1.29, 1.82) is 0 Å². The van der Waals surface area contributed by atoms with Gasteiger partial charge in [-0.05, 0) is 37.3 Å².